The van der Waals surface area contributed by atoms with Crippen LogP contribution in [0, 0.1) is 5.92 Å². The van der Waals surface area contributed by atoms with E-state index in [0.717, 1.165) is 49.0 Å². The maximum absolute atomic E-state index is 12.9. The van der Waals surface area contributed by atoms with Gasteiger partial charge in [-0.25, -0.2) is 0 Å². The van der Waals surface area contributed by atoms with Crippen molar-refractivity contribution in [1.82, 2.24) is 0 Å². The first-order valence-electron chi connectivity index (χ1n) is 9.03. The number of aryl methyl sites for hydroxylation is 1. The monoisotopic (exact) mass is 334 g/mol. The third-order valence-corrected chi connectivity index (χ3v) is 5.21. The number of carbonyl (C=O) groups is 2. The number of amides is 2. The summed E-state index contributed by atoms with van der Waals surface area (Å²) in [6, 6.07) is 15.3. The summed E-state index contributed by atoms with van der Waals surface area (Å²) in [5, 5.41) is 3.02. The van der Waals surface area contributed by atoms with Crippen molar-refractivity contribution in [3.05, 3.63) is 59.7 Å². The molecule has 1 aliphatic carbocycles. The number of nitrogens with zero attached hydrogens (tertiary/aromatic N) is 1. The van der Waals surface area contributed by atoms with Crippen molar-refractivity contribution >= 4 is 23.2 Å². The summed E-state index contributed by atoms with van der Waals surface area (Å²) in [5.41, 5.74) is 3.56. The molecule has 2 aromatic rings. The van der Waals surface area contributed by atoms with Crippen LogP contribution in [0.3, 0.4) is 0 Å². The molecule has 0 atom stereocenters. The largest absolute Gasteiger partial charge is 0.326 e. The molecule has 2 amide bonds. The Labute approximate surface area is 147 Å². The zero-order valence-electron chi connectivity index (χ0n) is 14.2. The molecular weight excluding hydrogens is 312 g/mol. The minimum Gasteiger partial charge on any atom is -0.326 e. The molecule has 128 valence electrons. The molecule has 0 spiro atoms. The molecule has 4 heteroatoms. The van der Waals surface area contributed by atoms with Gasteiger partial charge in [0.25, 0.3) is 5.91 Å². The molecular formula is C21H22N2O2. The van der Waals surface area contributed by atoms with Crippen LogP contribution in [0.4, 0.5) is 11.4 Å². The van der Waals surface area contributed by atoms with Crippen LogP contribution in [0.5, 0.6) is 0 Å². The van der Waals surface area contributed by atoms with Crippen LogP contribution in [-0.4, -0.2) is 18.4 Å². The van der Waals surface area contributed by atoms with Gasteiger partial charge in [-0.05, 0) is 55.5 Å². The minimum atomic E-state index is 0.0176. The normalized spacial score (nSPS) is 16.7. The van der Waals surface area contributed by atoms with Crippen LogP contribution in [0.25, 0.3) is 0 Å². The predicted molar refractivity (Wildman–Crippen MR) is 98.9 cm³/mol. The van der Waals surface area contributed by atoms with Gasteiger partial charge in [0.15, 0.2) is 0 Å². The molecule has 0 unspecified atom stereocenters. The lowest BCUT2D eigenvalue weighted by Crippen LogP contribution is -2.35. The minimum absolute atomic E-state index is 0.0176. The maximum Gasteiger partial charge on any atom is 0.258 e. The van der Waals surface area contributed by atoms with Crippen molar-refractivity contribution in [2.24, 2.45) is 5.92 Å². The Balaban J connectivity index is 1.60. The first-order chi connectivity index (χ1) is 12.2. The summed E-state index contributed by atoms with van der Waals surface area (Å²) >= 11 is 0. The Morgan fingerprint density at radius 1 is 1.00 bits per heavy atom. The molecule has 1 fully saturated rings. The molecule has 0 aromatic heterocycles. The van der Waals surface area contributed by atoms with Gasteiger partial charge in [-0.15, -0.1) is 0 Å². The Bertz CT molecular complexity index is 797. The van der Waals surface area contributed by atoms with E-state index < -0.39 is 0 Å². The number of hydrogen-bond acceptors (Lipinski definition) is 2. The first kappa shape index (κ1) is 15.9. The van der Waals surface area contributed by atoms with E-state index in [1.807, 2.05) is 53.4 Å². The summed E-state index contributed by atoms with van der Waals surface area (Å²) < 4.78 is 0. The Hall–Kier alpha value is -2.62. The molecule has 25 heavy (non-hydrogen) atoms. The predicted octanol–water partition coefficient (Wildman–Crippen LogP) is 4.02. The summed E-state index contributed by atoms with van der Waals surface area (Å²) in [6.07, 6.45) is 5.02. The summed E-state index contributed by atoms with van der Waals surface area (Å²) in [4.78, 5) is 26.9. The van der Waals surface area contributed by atoms with E-state index in [0.29, 0.717) is 12.1 Å². The van der Waals surface area contributed by atoms with E-state index in [9.17, 15) is 9.59 Å². The number of carbonyl (C=O) groups excluding carboxylic acids is 2. The number of hydrogen-bond donors (Lipinski definition) is 1. The van der Waals surface area contributed by atoms with E-state index in [1.54, 1.807) is 0 Å². The van der Waals surface area contributed by atoms with Gasteiger partial charge < -0.3 is 10.2 Å². The SMILES string of the molecule is O=C(Nc1ccc2c(c1)N(C(=O)c1ccccc1)CCC2)C1CCC1. The molecule has 2 aromatic carbocycles. The van der Waals surface area contributed by atoms with Crippen LogP contribution in [0.1, 0.15) is 41.6 Å². The fraction of sp³-hybridized carbons (Fsp3) is 0.333. The van der Waals surface area contributed by atoms with Gasteiger partial charge in [-0.1, -0.05) is 30.7 Å². The number of anilines is 2. The van der Waals surface area contributed by atoms with Crippen LogP contribution < -0.4 is 10.2 Å². The van der Waals surface area contributed by atoms with Crippen molar-refractivity contribution in [2.75, 3.05) is 16.8 Å². The van der Waals surface area contributed by atoms with Gasteiger partial charge in [-0.3, -0.25) is 9.59 Å². The van der Waals surface area contributed by atoms with Crippen LogP contribution in [-0.2, 0) is 11.2 Å². The van der Waals surface area contributed by atoms with Crippen molar-refractivity contribution in [2.45, 2.75) is 32.1 Å². The Morgan fingerprint density at radius 3 is 2.52 bits per heavy atom. The highest BCUT2D eigenvalue weighted by molar-refractivity contribution is 6.07. The van der Waals surface area contributed by atoms with Gasteiger partial charge >= 0.3 is 0 Å². The molecule has 4 rings (SSSR count). The van der Waals surface area contributed by atoms with Gasteiger partial charge in [0.05, 0.1) is 0 Å². The Morgan fingerprint density at radius 2 is 1.80 bits per heavy atom. The van der Waals surface area contributed by atoms with Crippen molar-refractivity contribution in [1.29, 1.82) is 0 Å². The molecule has 4 nitrogen and oxygen atoms in total. The Kier molecular flexibility index (Phi) is 4.26. The average molecular weight is 334 g/mol. The maximum atomic E-state index is 12.9. The topological polar surface area (TPSA) is 49.4 Å². The van der Waals surface area contributed by atoms with Crippen LogP contribution in [0.2, 0.25) is 0 Å². The lowest BCUT2D eigenvalue weighted by atomic mass is 9.85. The second kappa shape index (κ2) is 6.71. The molecule has 1 saturated carbocycles. The highest BCUT2D eigenvalue weighted by Crippen LogP contribution is 2.32. The standard InChI is InChI=1S/C21H22N2O2/c24-20(16-8-4-9-16)22-18-12-11-15-10-5-13-23(19(15)14-18)21(25)17-6-2-1-3-7-17/h1-3,6-7,11-12,14,16H,4-5,8-10,13H2,(H,22,24). The molecule has 1 N–H and O–H groups in total. The number of rotatable bonds is 3. The molecule has 0 bridgehead atoms. The molecule has 1 heterocycles. The first-order valence-corrected chi connectivity index (χ1v) is 9.03. The summed E-state index contributed by atoms with van der Waals surface area (Å²) in [6.45, 7) is 0.709. The quantitative estimate of drug-likeness (QED) is 0.922. The fourth-order valence-corrected chi connectivity index (χ4v) is 3.51. The lowest BCUT2D eigenvalue weighted by Gasteiger charge is -2.30. The van der Waals surface area contributed by atoms with E-state index in [2.05, 4.69) is 5.32 Å². The van der Waals surface area contributed by atoms with Crippen LogP contribution >= 0.6 is 0 Å². The van der Waals surface area contributed by atoms with E-state index in [-0.39, 0.29) is 17.7 Å². The van der Waals surface area contributed by atoms with E-state index in [1.165, 1.54) is 0 Å². The molecule has 1 aliphatic heterocycles. The number of benzene rings is 2. The molecule has 2 aliphatic rings. The number of fused-ring (bicyclic) bond motifs is 1. The third-order valence-electron chi connectivity index (χ3n) is 5.21. The highest BCUT2D eigenvalue weighted by Gasteiger charge is 2.27. The van der Waals surface area contributed by atoms with Gasteiger partial charge in [0.2, 0.25) is 5.91 Å². The van der Waals surface area contributed by atoms with Gasteiger partial charge in [0, 0.05) is 29.4 Å². The van der Waals surface area contributed by atoms with Crippen molar-refractivity contribution in [3.8, 4) is 0 Å². The highest BCUT2D eigenvalue weighted by atomic mass is 16.2. The zero-order valence-corrected chi connectivity index (χ0v) is 14.2. The van der Waals surface area contributed by atoms with Crippen molar-refractivity contribution < 1.29 is 9.59 Å². The number of nitrogens with one attached hydrogen (secondary N) is 1. The second-order valence-electron chi connectivity index (χ2n) is 6.89. The smallest absolute Gasteiger partial charge is 0.258 e. The van der Waals surface area contributed by atoms with Gasteiger partial charge in [0.1, 0.15) is 0 Å². The fourth-order valence-electron chi connectivity index (χ4n) is 3.51. The molecule has 0 saturated heterocycles. The van der Waals surface area contributed by atoms with Crippen LogP contribution in [0.15, 0.2) is 48.5 Å². The third kappa shape index (κ3) is 3.16. The zero-order chi connectivity index (χ0) is 17.2. The summed E-state index contributed by atoms with van der Waals surface area (Å²) in [5.74, 6) is 0.269. The average Bonchev–Trinajstić information content (AvgIpc) is 2.60. The van der Waals surface area contributed by atoms with Crippen molar-refractivity contribution in [3.63, 3.8) is 0 Å². The molecule has 0 radical (unpaired) electrons. The lowest BCUT2D eigenvalue weighted by molar-refractivity contribution is -0.122. The van der Waals surface area contributed by atoms with E-state index in [4.69, 9.17) is 0 Å². The summed E-state index contributed by atoms with van der Waals surface area (Å²) in [7, 11) is 0. The second-order valence-corrected chi connectivity index (χ2v) is 6.89. The van der Waals surface area contributed by atoms with E-state index >= 15 is 0 Å². The van der Waals surface area contributed by atoms with Gasteiger partial charge in [-0.2, -0.15) is 0 Å².